The lowest BCUT2D eigenvalue weighted by atomic mass is 9.67. The largest absolute Gasteiger partial charge is 0.294 e. The smallest absolute Gasteiger partial charge is 0.163 e. The highest BCUT2D eigenvalue weighted by molar-refractivity contribution is 8.00. The van der Waals surface area contributed by atoms with Crippen molar-refractivity contribution in [2.45, 2.75) is 57.6 Å². The van der Waals surface area contributed by atoms with Gasteiger partial charge in [-0.25, -0.2) is 0 Å². The molecule has 0 bridgehead atoms. The van der Waals surface area contributed by atoms with E-state index in [1.807, 2.05) is 11.8 Å². The molecule has 2 aliphatic carbocycles. The summed E-state index contributed by atoms with van der Waals surface area (Å²) in [7, 11) is 0. The molecule has 0 aliphatic heterocycles. The van der Waals surface area contributed by atoms with Crippen LogP contribution in [-0.4, -0.2) is 16.8 Å². The number of Topliss-reactive ketones (excluding diaryl/α,β-unsaturated/α-hetero) is 1. The van der Waals surface area contributed by atoms with E-state index >= 15 is 0 Å². The molecule has 1 atom stereocenters. The number of thioether (sulfide) groups is 1. The fraction of sp³-hybridized carbons (Fsp3) is 0.550. The van der Waals surface area contributed by atoms with Crippen LogP contribution in [0.15, 0.2) is 23.8 Å². The molecular formula is C20H26OS. The van der Waals surface area contributed by atoms with Gasteiger partial charge in [-0.3, -0.25) is 4.79 Å². The minimum Gasteiger partial charge on any atom is -0.294 e. The minimum atomic E-state index is 0.364. The molecule has 0 aromatic heterocycles. The Kier molecular flexibility index (Phi) is 4.24. The van der Waals surface area contributed by atoms with Crippen LogP contribution < -0.4 is 0 Å². The van der Waals surface area contributed by atoms with E-state index in [2.05, 4.69) is 45.2 Å². The maximum absolute atomic E-state index is 12.9. The van der Waals surface area contributed by atoms with Crippen molar-refractivity contribution in [2.75, 3.05) is 6.26 Å². The topological polar surface area (TPSA) is 17.1 Å². The standard InChI is InChI=1S/C20H26OS/c1-13-6-7-14(2)17(10-13)19-15(3)11-16(12-18(19)21)20(22-4)8-5-9-20/h6-7,10,16H,5,8-9,11-12H2,1-4H3. The fourth-order valence-corrected chi connectivity index (χ4v) is 5.37. The zero-order valence-electron chi connectivity index (χ0n) is 14.2. The molecule has 1 nitrogen and oxygen atoms in total. The lowest BCUT2D eigenvalue weighted by Gasteiger charge is -2.48. The third kappa shape index (κ3) is 2.56. The highest BCUT2D eigenvalue weighted by Crippen LogP contribution is 2.53. The van der Waals surface area contributed by atoms with Crippen molar-refractivity contribution in [1.29, 1.82) is 0 Å². The second kappa shape index (κ2) is 5.88. The molecule has 0 saturated heterocycles. The molecule has 1 unspecified atom stereocenters. The van der Waals surface area contributed by atoms with Crippen molar-refractivity contribution in [3.05, 3.63) is 40.5 Å². The van der Waals surface area contributed by atoms with Crippen molar-refractivity contribution in [3.8, 4) is 0 Å². The number of hydrogen-bond donors (Lipinski definition) is 0. The zero-order valence-corrected chi connectivity index (χ0v) is 15.0. The minimum absolute atomic E-state index is 0.364. The molecule has 1 fully saturated rings. The molecule has 2 aliphatic rings. The summed E-state index contributed by atoms with van der Waals surface area (Å²) in [6.45, 7) is 6.39. The third-order valence-electron chi connectivity index (χ3n) is 5.70. The highest BCUT2D eigenvalue weighted by atomic mass is 32.2. The molecule has 0 heterocycles. The molecule has 0 N–H and O–H groups in total. The summed E-state index contributed by atoms with van der Waals surface area (Å²) in [6, 6.07) is 6.45. The van der Waals surface area contributed by atoms with Crippen molar-refractivity contribution in [2.24, 2.45) is 5.92 Å². The Bertz CT molecular complexity index is 632. The second-order valence-electron chi connectivity index (χ2n) is 7.12. The van der Waals surface area contributed by atoms with Crippen LogP contribution in [0.2, 0.25) is 0 Å². The van der Waals surface area contributed by atoms with Crippen LogP contribution in [0.25, 0.3) is 5.57 Å². The summed E-state index contributed by atoms with van der Waals surface area (Å²) in [5.74, 6) is 0.903. The zero-order chi connectivity index (χ0) is 15.9. The van der Waals surface area contributed by atoms with Crippen LogP contribution in [0.1, 0.15) is 55.7 Å². The van der Waals surface area contributed by atoms with Crippen LogP contribution in [0, 0.1) is 19.8 Å². The number of ketones is 1. The molecule has 1 saturated carbocycles. The molecule has 0 amide bonds. The quantitative estimate of drug-likeness (QED) is 0.749. The van der Waals surface area contributed by atoms with Crippen LogP contribution in [0.3, 0.4) is 0 Å². The van der Waals surface area contributed by atoms with E-state index in [0.29, 0.717) is 16.4 Å². The maximum Gasteiger partial charge on any atom is 0.163 e. The van der Waals surface area contributed by atoms with Crippen LogP contribution in [0.4, 0.5) is 0 Å². The average molecular weight is 314 g/mol. The SMILES string of the molecule is CSC1(C2CC(=O)C(c3cc(C)ccc3C)=C(C)C2)CCC1. The molecular weight excluding hydrogens is 288 g/mol. The van der Waals surface area contributed by atoms with E-state index in [1.165, 1.54) is 36.0 Å². The van der Waals surface area contributed by atoms with Crippen LogP contribution in [0.5, 0.6) is 0 Å². The first-order chi connectivity index (χ1) is 10.5. The van der Waals surface area contributed by atoms with Crippen LogP contribution >= 0.6 is 11.8 Å². The van der Waals surface area contributed by atoms with Gasteiger partial charge in [-0.1, -0.05) is 35.8 Å². The average Bonchev–Trinajstić information content (AvgIpc) is 2.41. The van der Waals surface area contributed by atoms with Crippen molar-refractivity contribution < 1.29 is 4.79 Å². The van der Waals surface area contributed by atoms with Gasteiger partial charge >= 0.3 is 0 Å². The van der Waals surface area contributed by atoms with E-state index in [4.69, 9.17) is 0 Å². The summed E-state index contributed by atoms with van der Waals surface area (Å²) in [4.78, 5) is 12.9. The summed E-state index contributed by atoms with van der Waals surface area (Å²) >= 11 is 2.00. The molecule has 2 heteroatoms. The van der Waals surface area contributed by atoms with E-state index < -0.39 is 0 Å². The highest BCUT2D eigenvalue weighted by Gasteiger charge is 2.46. The summed E-state index contributed by atoms with van der Waals surface area (Å²) in [5, 5.41) is 0. The number of benzene rings is 1. The molecule has 0 radical (unpaired) electrons. The predicted molar refractivity (Wildman–Crippen MR) is 96.3 cm³/mol. The van der Waals surface area contributed by atoms with Crippen molar-refractivity contribution in [3.63, 3.8) is 0 Å². The number of hydrogen-bond acceptors (Lipinski definition) is 2. The molecule has 0 spiro atoms. The van der Waals surface area contributed by atoms with Gasteiger partial charge in [0.1, 0.15) is 0 Å². The van der Waals surface area contributed by atoms with Gasteiger partial charge in [0.05, 0.1) is 0 Å². The van der Waals surface area contributed by atoms with E-state index in [1.54, 1.807) is 0 Å². The molecule has 1 aromatic carbocycles. The Morgan fingerprint density at radius 3 is 2.41 bits per heavy atom. The molecule has 1 aromatic rings. The Balaban J connectivity index is 1.96. The van der Waals surface area contributed by atoms with Gasteiger partial charge in [-0.05, 0) is 63.3 Å². The van der Waals surface area contributed by atoms with Gasteiger partial charge in [0.25, 0.3) is 0 Å². The van der Waals surface area contributed by atoms with E-state index in [9.17, 15) is 4.79 Å². The third-order valence-corrected chi connectivity index (χ3v) is 7.26. The first kappa shape index (κ1) is 15.9. The Hall–Kier alpha value is -1.02. The normalized spacial score (nSPS) is 24.4. The Morgan fingerprint density at radius 2 is 1.86 bits per heavy atom. The summed E-state index contributed by atoms with van der Waals surface area (Å²) in [5.41, 5.74) is 5.92. The Morgan fingerprint density at radius 1 is 1.14 bits per heavy atom. The molecule has 22 heavy (non-hydrogen) atoms. The van der Waals surface area contributed by atoms with Gasteiger partial charge in [-0.2, -0.15) is 11.8 Å². The van der Waals surface area contributed by atoms with Gasteiger partial charge < -0.3 is 0 Å². The lowest BCUT2D eigenvalue weighted by Crippen LogP contribution is -2.43. The number of carbonyl (C=O) groups is 1. The lowest BCUT2D eigenvalue weighted by molar-refractivity contribution is -0.115. The van der Waals surface area contributed by atoms with Gasteiger partial charge in [0, 0.05) is 16.7 Å². The number of rotatable bonds is 3. The Labute approximate surface area is 138 Å². The van der Waals surface area contributed by atoms with E-state index in [0.717, 1.165) is 24.0 Å². The molecule has 118 valence electrons. The van der Waals surface area contributed by atoms with Crippen molar-refractivity contribution in [1.82, 2.24) is 0 Å². The first-order valence-corrected chi connectivity index (χ1v) is 9.55. The van der Waals surface area contributed by atoms with Crippen LogP contribution in [-0.2, 0) is 4.79 Å². The monoisotopic (exact) mass is 314 g/mol. The maximum atomic E-state index is 12.9. The van der Waals surface area contributed by atoms with Gasteiger partial charge in [0.2, 0.25) is 0 Å². The molecule has 3 rings (SSSR count). The second-order valence-corrected chi connectivity index (χ2v) is 8.35. The number of aryl methyl sites for hydroxylation is 2. The predicted octanol–water partition coefficient (Wildman–Crippen LogP) is 5.34. The van der Waals surface area contributed by atoms with Gasteiger partial charge in [0.15, 0.2) is 5.78 Å². The van der Waals surface area contributed by atoms with Gasteiger partial charge in [-0.15, -0.1) is 0 Å². The van der Waals surface area contributed by atoms with Crippen molar-refractivity contribution >= 4 is 23.1 Å². The van der Waals surface area contributed by atoms with E-state index in [-0.39, 0.29) is 0 Å². The number of carbonyl (C=O) groups excluding carboxylic acids is 1. The number of allylic oxidation sites excluding steroid dienone is 2. The fourth-order valence-electron chi connectivity index (χ4n) is 4.17. The summed E-state index contributed by atoms with van der Waals surface area (Å²) in [6.07, 6.45) is 7.97. The summed E-state index contributed by atoms with van der Waals surface area (Å²) < 4.78 is 0.379. The first-order valence-electron chi connectivity index (χ1n) is 8.32.